The van der Waals surface area contributed by atoms with Gasteiger partial charge in [0.1, 0.15) is 6.29 Å². The average Bonchev–Trinajstić information content (AvgIpc) is 2.95. The van der Waals surface area contributed by atoms with E-state index in [9.17, 15) is 13.2 Å². The molecular weight excluding hydrogens is 274 g/mol. The zero-order chi connectivity index (χ0) is 14.5. The minimum Gasteiger partial charge on any atom is -0.303 e. The lowest BCUT2D eigenvalue weighted by Crippen LogP contribution is -2.40. The Kier molecular flexibility index (Phi) is 3.03. The third-order valence-electron chi connectivity index (χ3n) is 4.74. The van der Waals surface area contributed by atoms with Crippen molar-refractivity contribution < 1.29 is 13.2 Å². The summed E-state index contributed by atoms with van der Waals surface area (Å²) in [5, 5.41) is 0. The fraction of sp³-hybridized carbons (Fsp3) is 0.533. The first-order valence-electron chi connectivity index (χ1n) is 6.95. The molecule has 3 rings (SSSR count). The van der Waals surface area contributed by atoms with E-state index in [-0.39, 0.29) is 12.1 Å². The van der Waals surface area contributed by atoms with Gasteiger partial charge in [-0.05, 0) is 38.3 Å². The quantitative estimate of drug-likeness (QED) is 0.802. The summed E-state index contributed by atoms with van der Waals surface area (Å²) >= 11 is 0. The standard InChI is InChI=1S/C15H19NO3S/c1-11-3-6-13(7-4-11)20(18,19)16-12-5-8-14(16)15(2,9-12)10-17/h3-4,6-7,10,12,14H,5,8-9H2,1-2H3/t12-,14+,15+/m0/s1. The highest BCUT2D eigenvalue weighted by atomic mass is 32.2. The number of nitrogens with zero attached hydrogens (tertiary/aromatic N) is 1. The molecule has 0 unspecified atom stereocenters. The van der Waals surface area contributed by atoms with E-state index < -0.39 is 15.4 Å². The normalized spacial score (nSPS) is 33.5. The van der Waals surface area contributed by atoms with Gasteiger partial charge in [0.2, 0.25) is 10.0 Å². The monoisotopic (exact) mass is 293 g/mol. The third kappa shape index (κ3) is 1.84. The molecule has 0 aliphatic carbocycles. The van der Waals surface area contributed by atoms with Crippen LogP contribution in [0, 0.1) is 12.3 Å². The highest BCUT2D eigenvalue weighted by Crippen LogP contribution is 2.50. The summed E-state index contributed by atoms with van der Waals surface area (Å²) in [7, 11) is -3.50. The predicted molar refractivity (Wildman–Crippen MR) is 75.8 cm³/mol. The molecule has 0 amide bonds. The van der Waals surface area contributed by atoms with Crippen LogP contribution in [0.25, 0.3) is 0 Å². The van der Waals surface area contributed by atoms with Gasteiger partial charge in [-0.1, -0.05) is 24.6 Å². The van der Waals surface area contributed by atoms with Crippen LogP contribution in [0.5, 0.6) is 0 Å². The molecule has 1 aromatic rings. The second-order valence-electron chi connectivity index (χ2n) is 6.22. The van der Waals surface area contributed by atoms with Gasteiger partial charge in [0.15, 0.2) is 0 Å². The van der Waals surface area contributed by atoms with Crippen molar-refractivity contribution in [3.63, 3.8) is 0 Å². The molecule has 4 nitrogen and oxygen atoms in total. The highest BCUT2D eigenvalue weighted by molar-refractivity contribution is 7.89. The van der Waals surface area contributed by atoms with Gasteiger partial charge in [-0.25, -0.2) is 8.42 Å². The Morgan fingerprint density at radius 3 is 2.45 bits per heavy atom. The molecular formula is C15H19NO3S. The van der Waals surface area contributed by atoms with E-state index in [4.69, 9.17) is 0 Å². The molecule has 2 aliphatic heterocycles. The van der Waals surface area contributed by atoms with E-state index >= 15 is 0 Å². The van der Waals surface area contributed by atoms with Crippen molar-refractivity contribution >= 4 is 16.3 Å². The maximum absolute atomic E-state index is 12.8. The number of rotatable bonds is 3. The van der Waals surface area contributed by atoms with Crippen molar-refractivity contribution in [3.8, 4) is 0 Å². The molecule has 108 valence electrons. The minimum atomic E-state index is -3.50. The van der Waals surface area contributed by atoms with Crippen LogP contribution in [0.2, 0.25) is 0 Å². The molecule has 2 fully saturated rings. The molecule has 2 saturated heterocycles. The Morgan fingerprint density at radius 2 is 1.90 bits per heavy atom. The van der Waals surface area contributed by atoms with Crippen LogP contribution in [0.15, 0.2) is 29.2 Å². The fourth-order valence-electron chi connectivity index (χ4n) is 3.64. The van der Waals surface area contributed by atoms with Gasteiger partial charge in [-0.2, -0.15) is 4.31 Å². The number of fused-ring (bicyclic) bond motifs is 2. The van der Waals surface area contributed by atoms with Crippen LogP contribution in [0.1, 0.15) is 31.7 Å². The molecule has 0 saturated carbocycles. The van der Waals surface area contributed by atoms with E-state index in [0.717, 1.165) is 24.7 Å². The Labute approximate surface area is 119 Å². The maximum Gasteiger partial charge on any atom is 0.243 e. The Morgan fingerprint density at radius 1 is 1.25 bits per heavy atom. The van der Waals surface area contributed by atoms with Gasteiger partial charge in [-0.3, -0.25) is 0 Å². The SMILES string of the molecule is Cc1ccc(S(=O)(=O)N2[C@H]3CC[C@@H]2[C@@](C)(C=O)C3)cc1. The molecule has 0 N–H and O–H groups in total. The number of aldehydes is 1. The van der Waals surface area contributed by atoms with Gasteiger partial charge >= 0.3 is 0 Å². The van der Waals surface area contributed by atoms with Crippen LogP contribution in [0.4, 0.5) is 0 Å². The van der Waals surface area contributed by atoms with Crippen molar-refractivity contribution in [1.82, 2.24) is 4.31 Å². The molecule has 2 bridgehead atoms. The first-order chi connectivity index (χ1) is 9.38. The van der Waals surface area contributed by atoms with E-state index in [1.807, 2.05) is 26.0 Å². The molecule has 0 aromatic heterocycles. The van der Waals surface area contributed by atoms with Crippen molar-refractivity contribution in [3.05, 3.63) is 29.8 Å². The summed E-state index contributed by atoms with van der Waals surface area (Å²) in [5.41, 5.74) is 0.506. The molecule has 2 heterocycles. The average molecular weight is 293 g/mol. The third-order valence-corrected chi connectivity index (χ3v) is 6.72. The number of hydrogen-bond donors (Lipinski definition) is 0. The van der Waals surface area contributed by atoms with Crippen LogP contribution in [-0.4, -0.2) is 31.1 Å². The zero-order valence-electron chi connectivity index (χ0n) is 11.7. The summed E-state index contributed by atoms with van der Waals surface area (Å²) < 4.78 is 27.2. The van der Waals surface area contributed by atoms with Gasteiger partial charge < -0.3 is 4.79 Å². The van der Waals surface area contributed by atoms with E-state index in [1.54, 1.807) is 16.4 Å². The van der Waals surface area contributed by atoms with Gasteiger partial charge in [0.05, 0.1) is 4.90 Å². The Hall–Kier alpha value is -1.20. The van der Waals surface area contributed by atoms with E-state index in [2.05, 4.69) is 0 Å². The first kappa shape index (κ1) is 13.8. The lowest BCUT2D eigenvalue weighted by Gasteiger charge is -2.28. The highest BCUT2D eigenvalue weighted by Gasteiger charge is 2.57. The fourth-order valence-corrected chi connectivity index (χ4v) is 5.61. The number of benzene rings is 1. The molecule has 20 heavy (non-hydrogen) atoms. The summed E-state index contributed by atoms with van der Waals surface area (Å²) in [6.07, 6.45) is 3.23. The van der Waals surface area contributed by atoms with E-state index in [1.165, 1.54) is 0 Å². The van der Waals surface area contributed by atoms with Crippen molar-refractivity contribution in [2.75, 3.05) is 0 Å². The lowest BCUT2D eigenvalue weighted by molar-refractivity contribution is -0.116. The van der Waals surface area contributed by atoms with E-state index in [0.29, 0.717) is 11.3 Å². The summed E-state index contributed by atoms with van der Waals surface area (Å²) in [4.78, 5) is 11.7. The first-order valence-corrected chi connectivity index (χ1v) is 8.39. The Balaban J connectivity index is 2.01. The maximum atomic E-state index is 12.8. The van der Waals surface area contributed by atoms with Crippen molar-refractivity contribution in [2.24, 2.45) is 5.41 Å². The van der Waals surface area contributed by atoms with Gasteiger partial charge in [0, 0.05) is 17.5 Å². The molecule has 3 atom stereocenters. The molecule has 0 spiro atoms. The lowest BCUT2D eigenvalue weighted by atomic mass is 9.77. The van der Waals surface area contributed by atoms with Crippen LogP contribution in [-0.2, 0) is 14.8 Å². The van der Waals surface area contributed by atoms with Crippen LogP contribution in [0.3, 0.4) is 0 Å². The van der Waals surface area contributed by atoms with Crippen LogP contribution < -0.4 is 0 Å². The molecule has 2 aliphatic rings. The number of aryl methyl sites for hydroxylation is 1. The van der Waals surface area contributed by atoms with Crippen molar-refractivity contribution in [1.29, 1.82) is 0 Å². The topological polar surface area (TPSA) is 54.5 Å². The second kappa shape index (κ2) is 4.40. The smallest absolute Gasteiger partial charge is 0.243 e. The second-order valence-corrected chi connectivity index (χ2v) is 8.07. The van der Waals surface area contributed by atoms with Crippen molar-refractivity contribution in [2.45, 2.75) is 50.1 Å². The molecule has 5 heteroatoms. The number of sulfonamides is 1. The van der Waals surface area contributed by atoms with Gasteiger partial charge in [0.25, 0.3) is 0 Å². The van der Waals surface area contributed by atoms with Gasteiger partial charge in [-0.15, -0.1) is 0 Å². The number of carbonyl (C=O) groups excluding carboxylic acids is 1. The largest absolute Gasteiger partial charge is 0.303 e. The Bertz CT molecular complexity index is 638. The number of carbonyl (C=O) groups is 1. The molecule has 1 aromatic carbocycles. The number of hydrogen-bond acceptors (Lipinski definition) is 3. The zero-order valence-corrected chi connectivity index (χ0v) is 12.6. The molecule has 0 radical (unpaired) electrons. The summed E-state index contributed by atoms with van der Waals surface area (Å²) in [5.74, 6) is 0. The minimum absolute atomic E-state index is 0.0264. The predicted octanol–water partition coefficient (Wildman–Crippen LogP) is 2.13. The summed E-state index contributed by atoms with van der Waals surface area (Å²) in [6, 6.07) is 6.72. The van der Waals surface area contributed by atoms with Crippen LogP contribution >= 0.6 is 0 Å². The summed E-state index contributed by atoms with van der Waals surface area (Å²) in [6.45, 7) is 3.81.